The van der Waals surface area contributed by atoms with Gasteiger partial charge < -0.3 is 15.6 Å². The Hall–Kier alpha value is -1.78. The molecule has 5 heteroatoms. The average Bonchev–Trinajstić information content (AvgIpc) is 2.44. The fourth-order valence-corrected chi connectivity index (χ4v) is 2.25. The predicted octanol–water partition coefficient (Wildman–Crippen LogP) is 3.35. The summed E-state index contributed by atoms with van der Waals surface area (Å²) in [7, 11) is 1.50. The van der Waals surface area contributed by atoms with E-state index in [2.05, 4.69) is 0 Å². The lowest BCUT2D eigenvalue weighted by Gasteiger charge is -2.16. The van der Waals surface area contributed by atoms with Gasteiger partial charge in [-0.25, -0.2) is 4.39 Å². The van der Waals surface area contributed by atoms with Gasteiger partial charge in [0.2, 0.25) is 0 Å². The molecule has 20 heavy (non-hydrogen) atoms. The van der Waals surface area contributed by atoms with Gasteiger partial charge in [0.15, 0.2) is 0 Å². The standard InChI is InChI=1S/C15H15ClFNO2/c1-20-13-7-3-5-10(15(13)18)12(19)8-9-4-2-6-11(16)14(9)17/h2-7,12,19H,8,18H2,1H3. The molecule has 0 aromatic heterocycles. The number of halogens is 2. The van der Waals surface area contributed by atoms with Crippen LogP contribution in [0.1, 0.15) is 17.2 Å². The average molecular weight is 296 g/mol. The van der Waals surface area contributed by atoms with E-state index < -0.39 is 11.9 Å². The Morgan fingerprint density at radius 1 is 1.30 bits per heavy atom. The van der Waals surface area contributed by atoms with Crippen LogP contribution in [0.3, 0.4) is 0 Å². The molecule has 0 saturated carbocycles. The number of nitrogens with two attached hydrogens (primary N) is 1. The Kier molecular flexibility index (Phi) is 4.47. The third-order valence-corrected chi connectivity index (χ3v) is 3.42. The molecule has 0 fully saturated rings. The molecular weight excluding hydrogens is 281 g/mol. The van der Waals surface area contributed by atoms with Gasteiger partial charge in [0.05, 0.1) is 23.9 Å². The topological polar surface area (TPSA) is 55.5 Å². The number of benzene rings is 2. The van der Waals surface area contributed by atoms with Crippen LogP contribution in [-0.4, -0.2) is 12.2 Å². The van der Waals surface area contributed by atoms with Crippen LogP contribution in [0.4, 0.5) is 10.1 Å². The van der Waals surface area contributed by atoms with Crippen LogP contribution < -0.4 is 10.5 Å². The normalized spacial score (nSPS) is 12.2. The lowest BCUT2D eigenvalue weighted by Crippen LogP contribution is -2.07. The number of rotatable bonds is 4. The summed E-state index contributed by atoms with van der Waals surface area (Å²) in [6.07, 6.45) is -0.845. The smallest absolute Gasteiger partial charge is 0.145 e. The molecule has 0 heterocycles. The minimum Gasteiger partial charge on any atom is -0.495 e. The summed E-state index contributed by atoms with van der Waals surface area (Å²) in [5, 5.41) is 10.3. The van der Waals surface area contributed by atoms with E-state index in [1.165, 1.54) is 13.2 Å². The van der Waals surface area contributed by atoms with Gasteiger partial charge in [-0.2, -0.15) is 0 Å². The van der Waals surface area contributed by atoms with Gasteiger partial charge in [-0.05, 0) is 17.7 Å². The van der Waals surface area contributed by atoms with Crippen molar-refractivity contribution >= 4 is 17.3 Å². The number of ether oxygens (including phenoxy) is 1. The third kappa shape index (κ3) is 2.86. The van der Waals surface area contributed by atoms with Crippen molar-refractivity contribution < 1.29 is 14.2 Å². The molecule has 3 N–H and O–H groups in total. The van der Waals surface area contributed by atoms with Crippen molar-refractivity contribution in [3.05, 3.63) is 58.4 Å². The van der Waals surface area contributed by atoms with Crippen LogP contribution in [0.25, 0.3) is 0 Å². The van der Waals surface area contributed by atoms with Crippen molar-refractivity contribution in [2.75, 3.05) is 12.8 Å². The van der Waals surface area contributed by atoms with Gasteiger partial charge in [-0.15, -0.1) is 0 Å². The van der Waals surface area contributed by atoms with E-state index >= 15 is 0 Å². The molecule has 0 radical (unpaired) electrons. The number of hydrogen-bond donors (Lipinski definition) is 2. The van der Waals surface area contributed by atoms with E-state index in [0.29, 0.717) is 22.6 Å². The summed E-state index contributed by atoms with van der Waals surface area (Å²) in [5.41, 5.74) is 7.11. The van der Waals surface area contributed by atoms with Crippen molar-refractivity contribution in [2.24, 2.45) is 0 Å². The molecule has 2 rings (SSSR count). The zero-order chi connectivity index (χ0) is 14.7. The molecule has 0 bridgehead atoms. The first-order chi connectivity index (χ1) is 9.54. The van der Waals surface area contributed by atoms with Crippen LogP contribution in [0.2, 0.25) is 5.02 Å². The second-order valence-electron chi connectivity index (χ2n) is 4.40. The number of para-hydroxylation sites is 1. The molecule has 0 saturated heterocycles. The Morgan fingerprint density at radius 2 is 2.00 bits per heavy atom. The second kappa shape index (κ2) is 6.11. The fourth-order valence-electron chi connectivity index (χ4n) is 2.05. The molecule has 3 nitrogen and oxygen atoms in total. The molecular formula is C15H15ClFNO2. The molecule has 1 atom stereocenters. The zero-order valence-electron chi connectivity index (χ0n) is 10.9. The molecule has 2 aromatic rings. The van der Waals surface area contributed by atoms with Crippen molar-refractivity contribution in [3.63, 3.8) is 0 Å². The summed E-state index contributed by atoms with van der Waals surface area (Å²) in [5.74, 6) is -0.0391. The number of nitrogen functional groups attached to an aromatic ring is 1. The van der Waals surface area contributed by atoms with Crippen LogP contribution in [0, 0.1) is 5.82 Å². The van der Waals surface area contributed by atoms with Gasteiger partial charge in [0.25, 0.3) is 0 Å². The minimum absolute atomic E-state index is 0.0355. The SMILES string of the molecule is COc1cccc(C(O)Cc2cccc(Cl)c2F)c1N. The van der Waals surface area contributed by atoms with Gasteiger partial charge >= 0.3 is 0 Å². The van der Waals surface area contributed by atoms with Crippen molar-refractivity contribution in [2.45, 2.75) is 12.5 Å². The Morgan fingerprint density at radius 3 is 2.70 bits per heavy atom. The van der Waals surface area contributed by atoms with E-state index in [-0.39, 0.29) is 11.4 Å². The highest BCUT2D eigenvalue weighted by Gasteiger charge is 2.17. The fraction of sp³-hybridized carbons (Fsp3) is 0.200. The highest BCUT2D eigenvalue weighted by atomic mass is 35.5. The first-order valence-electron chi connectivity index (χ1n) is 6.08. The van der Waals surface area contributed by atoms with Crippen LogP contribution >= 0.6 is 11.6 Å². The lowest BCUT2D eigenvalue weighted by molar-refractivity contribution is 0.177. The molecule has 0 aliphatic rings. The van der Waals surface area contributed by atoms with Crippen molar-refractivity contribution in [1.29, 1.82) is 0 Å². The number of aliphatic hydroxyl groups is 1. The maximum Gasteiger partial charge on any atom is 0.145 e. The van der Waals surface area contributed by atoms with Crippen molar-refractivity contribution in [3.8, 4) is 5.75 Å². The monoisotopic (exact) mass is 295 g/mol. The molecule has 0 spiro atoms. The van der Waals surface area contributed by atoms with Gasteiger partial charge in [-0.3, -0.25) is 0 Å². The zero-order valence-corrected chi connectivity index (χ0v) is 11.7. The van der Waals surface area contributed by atoms with E-state index in [9.17, 15) is 9.50 Å². The molecule has 2 aromatic carbocycles. The quantitative estimate of drug-likeness (QED) is 0.851. The molecule has 0 aliphatic heterocycles. The highest BCUT2D eigenvalue weighted by molar-refractivity contribution is 6.30. The van der Waals surface area contributed by atoms with Gasteiger partial charge in [0, 0.05) is 12.0 Å². The Balaban J connectivity index is 2.28. The van der Waals surface area contributed by atoms with E-state index in [4.69, 9.17) is 22.1 Å². The van der Waals surface area contributed by atoms with Gasteiger partial charge in [-0.1, -0.05) is 35.9 Å². The minimum atomic E-state index is -0.932. The van der Waals surface area contributed by atoms with E-state index in [0.717, 1.165) is 0 Å². The Labute approximate surface area is 121 Å². The number of methoxy groups -OCH3 is 1. The number of anilines is 1. The summed E-state index contributed by atoms with van der Waals surface area (Å²) in [4.78, 5) is 0. The highest BCUT2D eigenvalue weighted by Crippen LogP contribution is 2.32. The predicted molar refractivity (Wildman–Crippen MR) is 77.5 cm³/mol. The van der Waals surface area contributed by atoms with Crippen LogP contribution in [0.15, 0.2) is 36.4 Å². The van der Waals surface area contributed by atoms with E-state index in [1.54, 1.807) is 30.3 Å². The third-order valence-electron chi connectivity index (χ3n) is 3.12. The summed E-state index contributed by atoms with van der Waals surface area (Å²) in [6, 6.07) is 9.80. The largest absolute Gasteiger partial charge is 0.495 e. The molecule has 0 amide bonds. The summed E-state index contributed by atoms with van der Waals surface area (Å²) < 4.78 is 18.9. The Bertz CT molecular complexity index is 619. The second-order valence-corrected chi connectivity index (χ2v) is 4.80. The summed E-state index contributed by atoms with van der Waals surface area (Å²) in [6.45, 7) is 0. The lowest BCUT2D eigenvalue weighted by atomic mass is 9.99. The summed E-state index contributed by atoms with van der Waals surface area (Å²) >= 11 is 5.72. The molecule has 0 aliphatic carbocycles. The first-order valence-corrected chi connectivity index (χ1v) is 6.45. The first kappa shape index (κ1) is 14.6. The van der Waals surface area contributed by atoms with E-state index in [1.807, 2.05) is 0 Å². The number of aliphatic hydroxyl groups excluding tert-OH is 1. The maximum absolute atomic E-state index is 13.8. The maximum atomic E-state index is 13.8. The van der Waals surface area contributed by atoms with Crippen LogP contribution in [-0.2, 0) is 6.42 Å². The van der Waals surface area contributed by atoms with Gasteiger partial charge in [0.1, 0.15) is 11.6 Å². The van der Waals surface area contributed by atoms with Crippen molar-refractivity contribution in [1.82, 2.24) is 0 Å². The molecule has 1 unspecified atom stereocenters. The number of hydrogen-bond acceptors (Lipinski definition) is 3. The van der Waals surface area contributed by atoms with Crippen LogP contribution in [0.5, 0.6) is 5.75 Å². The molecule has 106 valence electrons.